The van der Waals surface area contributed by atoms with Crippen LogP contribution in [0.1, 0.15) is 57.6 Å². The molecule has 182 valence electrons. The van der Waals surface area contributed by atoms with Gasteiger partial charge in [0.05, 0.1) is 32.8 Å². The SMILES string of the molecule is COc1cc(OC)c([C@H]2C3=C(CC(C)(C)CC3=O)Nc3nc(SC(C)C)[nH]c(=O)c32)cc1OC. The summed E-state index contributed by atoms with van der Waals surface area (Å²) in [5.74, 6) is 1.31. The molecule has 34 heavy (non-hydrogen) atoms. The van der Waals surface area contributed by atoms with Crippen molar-refractivity contribution in [1.82, 2.24) is 9.97 Å². The minimum absolute atomic E-state index is 0.00581. The fraction of sp³-hybridized carbons (Fsp3) is 0.480. The van der Waals surface area contributed by atoms with Crippen LogP contribution in [0.5, 0.6) is 17.2 Å². The lowest BCUT2D eigenvalue weighted by Gasteiger charge is -2.39. The maximum Gasteiger partial charge on any atom is 0.257 e. The molecule has 0 fully saturated rings. The van der Waals surface area contributed by atoms with E-state index < -0.39 is 5.92 Å². The summed E-state index contributed by atoms with van der Waals surface area (Å²) in [7, 11) is 4.65. The number of Topliss-reactive ketones (excluding diaryl/α,β-unsaturated/α-hetero) is 1. The Balaban J connectivity index is 2.01. The Morgan fingerprint density at radius 1 is 1.03 bits per heavy atom. The zero-order valence-corrected chi connectivity index (χ0v) is 21.4. The molecule has 1 aliphatic carbocycles. The molecule has 0 radical (unpaired) electrons. The molecular weight excluding hydrogens is 454 g/mol. The van der Waals surface area contributed by atoms with Gasteiger partial charge < -0.3 is 24.5 Å². The molecule has 1 aromatic carbocycles. The summed E-state index contributed by atoms with van der Waals surface area (Å²) in [6, 6.07) is 3.50. The largest absolute Gasteiger partial charge is 0.496 e. The summed E-state index contributed by atoms with van der Waals surface area (Å²) < 4.78 is 16.7. The van der Waals surface area contributed by atoms with Crippen LogP contribution in [0.4, 0.5) is 5.82 Å². The van der Waals surface area contributed by atoms with Crippen molar-refractivity contribution in [2.75, 3.05) is 26.6 Å². The Hall–Kier alpha value is -2.94. The number of allylic oxidation sites excluding steroid dienone is 2. The van der Waals surface area contributed by atoms with Crippen molar-refractivity contribution in [1.29, 1.82) is 0 Å². The number of fused-ring (bicyclic) bond motifs is 1. The third-order valence-corrected chi connectivity index (χ3v) is 6.98. The highest BCUT2D eigenvalue weighted by atomic mass is 32.2. The second kappa shape index (κ2) is 9.02. The normalized spacial score (nSPS) is 18.8. The Morgan fingerprint density at radius 3 is 2.29 bits per heavy atom. The van der Waals surface area contributed by atoms with Crippen molar-refractivity contribution in [2.24, 2.45) is 5.41 Å². The lowest BCUT2D eigenvalue weighted by atomic mass is 9.69. The molecule has 1 aromatic heterocycles. The molecule has 1 aliphatic heterocycles. The first kappa shape index (κ1) is 24.2. The molecule has 0 amide bonds. The predicted molar refractivity (Wildman–Crippen MR) is 132 cm³/mol. The van der Waals surface area contributed by atoms with Gasteiger partial charge in [-0.3, -0.25) is 9.59 Å². The summed E-state index contributed by atoms with van der Waals surface area (Å²) in [5.41, 5.74) is 1.93. The van der Waals surface area contributed by atoms with E-state index in [0.29, 0.717) is 57.8 Å². The van der Waals surface area contributed by atoms with Gasteiger partial charge in [-0.1, -0.05) is 39.5 Å². The molecule has 0 bridgehead atoms. The Morgan fingerprint density at radius 2 is 1.68 bits per heavy atom. The highest BCUT2D eigenvalue weighted by Crippen LogP contribution is 2.51. The van der Waals surface area contributed by atoms with E-state index in [1.807, 2.05) is 13.8 Å². The number of ketones is 1. The van der Waals surface area contributed by atoms with E-state index in [1.54, 1.807) is 33.5 Å². The Kier molecular flexibility index (Phi) is 6.42. The number of nitrogens with zero attached hydrogens (tertiary/aromatic N) is 1. The summed E-state index contributed by atoms with van der Waals surface area (Å²) in [6.45, 7) is 8.22. The van der Waals surface area contributed by atoms with Crippen molar-refractivity contribution in [3.8, 4) is 17.2 Å². The number of anilines is 1. The van der Waals surface area contributed by atoms with Crippen molar-refractivity contribution >= 4 is 23.4 Å². The number of rotatable bonds is 6. The number of ether oxygens (including phenoxy) is 3. The number of methoxy groups -OCH3 is 3. The molecule has 2 heterocycles. The first-order chi connectivity index (χ1) is 16.1. The van der Waals surface area contributed by atoms with Crippen LogP contribution in [0.2, 0.25) is 0 Å². The first-order valence-corrected chi connectivity index (χ1v) is 12.1. The number of carbonyl (C=O) groups is 1. The Labute approximate surface area is 203 Å². The van der Waals surface area contributed by atoms with Crippen LogP contribution in [0.3, 0.4) is 0 Å². The number of thioether (sulfide) groups is 1. The highest BCUT2D eigenvalue weighted by molar-refractivity contribution is 7.99. The van der Waals surface area contributed by atoms with Crippen LogP contribution in [0, 0.1) is 5.41 Å². The number of benzene rings is 1. The minimum atomic E-state index is -0.654. The second-order valence-corrected chi connectivity index (χ2v) is 11.2. The van der Waals surface area contributed by atoms with Gasteiger partial charge in [0, 0.05) is 34.6 Å². The average molecular weight is 486 g/mol. The van der Waals surface area contributed by atoms with Crippen LogP contribution >= 0.6 is 11.8 Å². The number of H-pyrrole nitrogens is 1. The standard InChI is InChI=1S/C25H31N3O5S/c1-12(2)34-24-27-22-21(23(30)28-24)19(20-14(26-22)10-25(3,4)11-15(20)29)13-8-17(32-6)18(33-7)9-16(13)31-5/h8-9,12,19H,10-11H2,1-7H3,(H2,26,27,28,30)/t19-/m0/s1. The van der Waals surface area contributed by atoms with Gasteiger partial charge in [0.25, 0.3) is 5.56 Å². The molecule has 2 aromatic rings. The zero-order chi connectivity index (χ0) is 24.8. The molecular formula is C25H31N3O5S. The third-order valence-electron chi connectivity index (χ3n) is 6.09. The molecule has 0 saturated heterocycles. The molecule has 0 saturated carbocycles. The average Bonchev–Trinajstić information content (AvgIpc) is 2.75. The molecule has 1 atom stereocenters. The van der Waals surface area contributed by atoms with Crippen LogP contribution in [0.15, 0.2) is 33.4 Å². The van der Waals surface area contributed by atoms with Crippen LogP contribution < -0.4 is 25.1 Å². The van der Waals surface area contributed by atoms with Gasteiger partial charge in [0.1, 0.15) is 11.6 Å². The number of hydrogen-bond donors (Lipinski definition) is 2. The lowest BCUT2D eigenvalue weighted by molar-refractivity contribution is -0.118. The maximum atomic E-state index is 13.5. The fourth-order valence-electron chi connectivity index (χ4n) is 4.76. The summed E-state index contributed by atoms with van der Waals surface area (Å²) in [6.07, 6.45) is 1.06. The van der Waals surface area contributed by atoms with E-state index in [2.05, 4.69) is 24.1 Å². The third kappa shape index (κ3) is 4.29. The van der Waals surface area contributed by atoms with Gasteiger partial charge in [0.2, 0.25) is 0 Å². The number of aromatic amines is 1. The van der Waals surface area contributed by atoms with E-state index >= 15 is 0 Å². The monoisotopic (exact) mass is 485 g/mol. The summed E-state index contributed by atoms with van der Waals surface area (Å²) in [4.78, 5) is 34.6. The molecule has 4 rings (SSSR count). The molecule has 0 spiro atoms. The maximum absolute atomic E-state index is 13.5. The van der Waals surface area contributed by atoms with Crippen molar-refractivity contribution in [3.63, 3.8) is 0 Å². The predicted octanol–water partition coefficient (Wildman–Crippen LogP) is 4.50. The molecule has 9 heteroatoms. The van der Waals surface area contributed by atoms with Crippen LogP contribution in [-0.2, 0) is 4.79 Å². The molecule has 2 N–H and O–H groups in total. The number of hydrogen-bond acceptors (Lipinski definition) is 8. The van der Waals surface area contributed by atoms with E-state index in [1.165, 1.54) is 11.8 Å². The van der Waals surface area contributed by atoms with E-state index in [4.69, 9.17) is 19.2 Å². The minimum Gasteiger partial charge on any atom is -0.496 e. The van der Waals surface area contributed by atoms with Crippen molar-refractivity contribution < 1.29 is 19.0 Å². The van der Waals surface area contributed by atoms with Gasteiger partial charge in [-0.25, -0.2) is 4.98 Å². The van der Waals surface area contributed by atoms with Gasteiger partial charge in [0.15, 0.2) is 22.4 Å². The summed E-state index contributed by atoms with van der Waals surface area (Å²) >= 11 is 1.48. The van der Waals surface area contributed by atoms with E-state index in [9.17, 15) is 9.59 Å². The first-order valence-electron chi connectivity index (χ1n) is 11.2. The molecule has 2 aliphatic rings. The lowest BCUT2D eigenvalue weighted by Crippen LogP contribution is -2.37. The fourth-order valence-corrected chi connectivity index (χ4v) is 5.50. The van der Waals surface area contributed by atoms with Crippen LogP contribution in [-0.4, -0.2) is 42.3 Å². The van der Waals surface area contributed by atoms with E-state index in [-0.39, 0.29) is 22.0 Å². The summed E-state index contributed by atoms with van der Waals surface area (Å²) in [5, 5.41) is 4.13. The van der Waals surface area contributed by atoms with Crippen molar-refractivity contribution in [3.05, 3.63) is 44.9 Å². The van der Waals surface area contributed by atoms with Gasteiger partial charge in [-0.15, -0.1) is 0 Å². The van der Waals surface area contributed by atoms with Gasteiger partial charge in [-0.2, -0.15) is 0 Å². The highest BCUT2D eigenvalue weighted by Gasteiger charge is 2.43. The van der Waals surface area contributed by atoms with E-state index in [0.717, 1.165) is 5.70 Å². The van der Waals surface area contributed by atoms with Crippen molar-refractivity contribution in [2.45, 2.75) is 56.9 Å². The topological polar surface area (TPSA) is 103 Å². The quantitative estimate of drug-likeness (QED) is 0.456. The van der Waals surface area contributed by atoms with Gasteiger partial charge >= 0.3 is 0 Å². The second-order valence-electron chi connectivity index (χ2n) is 9.64. The number of carbonyl (C=O) groups excluding carboxylic acids is 1. The molecule has 8 nitrogen and oxygen atoms in total. The van der Waals surface area contributed by atoms with Gasteiger partial charge in [-0.05, 0) is 17.9 Å². The number of aromatic nitrogens is 2. The Bertz CT molecular complexity index is 1230. The smallest absolute Gasteiger partial charge is 0.257 e. The molecule has 0 unspecified atom stereocenters. The number of nitrogens with one attached hydrogen (secondary N) is 2. The zero-order valence-electron chi connectivity index (χ0n) is 20.6. The van der Waals surface area contributed by atoms with Crippen LogP contribution in [0.25, 0.3) is 0 Å².